The van der Waals surface area contributed by atoms with Gasteiger partial charge in [-0.15, -0.1) is 0 Å². The normalized spacial score (nSPS) is 11.9. The van der Waals surface area contributed by atoms with Crippen LogP contribution >= 0.6 is 0 Å². The van der Waals surface area contributed by atoms with Gasteiger partial charge in [-0.1, -0.05) is 27.6 Å². The van der Waals surface area contributed by atoms with E-state index in [2.05, 4.69) is 20.5 Å². The number of halogens is 3. The Labute approximate surface area is 149 Å². The van der Waals surface area contributed by atoms with Crippen molar-refractivity contribution in [3.8, 4) is 34.3 Å². The van der Waals surface area contributed by atoms with Gasteiger partial charge in [0.1, 0.15) is 11.3 Å². The second-order valence-corrected chi connectivity index (χ2v) is 5.80. The van der Waals surface area contributed by atoms with Gasteiger partial charge in [0.2, 0.25) is 11.6 Å². The number of hydrogen-bond acceptors (Lipinski definition) is 7. The minimum atomic E-state index is -4.47. The SMILES string of the molecule is Cc1cc(-c2onc(C)c2-c2nc(-c3cccc(C(F)(F)F)c3)no2)no1. The van der Waals surface area contributed by atoms with E-state index in [0.717, 1.165) is 12.1 Å². The summed E-state index contributed by atoms with van der Waals surface area (Å²) in [6.45, 7) is 3.39. The number of hydrogen-bond donors (Lipinski definition) is 0. The molecule has 0 spiro atoms. The highest BCUT2D eigenvalue weighted by Gasteiger charge is 2.31. The van der Waals surface area contributed by atoms with Crippen LogP contribution in [-0.4, -0.2) is 20.5 Å². The summed E-state index contributed by atoms with van der Waals surface area (Å²) in [6.07, 6.45) is -4.47. The molecule has 0 aliphatic heterocycles. The Bertz CT molecular complexity index is 1110. The first kappa shape index (κ1) is 17.0. The van der Waals surface area contributed by atoms with E-state index in [1.165, 1.54) is 12.1 Å². The van der Waals surface area contributed by atoms with Crippen molar-refractivity contribution < 1.29 is 26.7 Å². The lowest BCUT2D eigenvalue weighted by Crippen LogP contribution is -2.04. The van der Waals surface area contributed by atoms with E-state index in [1.807, 2.05) is 0 Å². The molecule has 0 bridgehead atoms. The van der Waals surface area contributed by atoms with E-state index in [1.54, 1.807) is 19.9 Å². The van der Waals surface area contributed by atoms with Crippen LogP contribution in [0.5, 0.6) is 0 Å². The monoisotopic (exact) mass is 376 g/mol. The number of nitrogens with zero attached hydrogens (tertiary/aromatic N) is 4. The molecule has 0 aliphatic carbocycles. The highest BCUT2D eigenvalue weighted by atomic mass is 19.4. The Balaban J connectivity index is 1.76. The molecule has 3 heterocycles. The van der Waals surface area contributed by atoms with Gasteiger partial charge in [0, 0.05) is 11.6 Å². The zero-order chi connectivity index (χ0) is 19.2. The average Bonchev–Trinajstić information content (AvgIpc) is 3.33. The highest BCUT2D eigenvalue weighted by molar-refractivity contribution is 5.75. The smallest absolute Gasteiger partial charge is 0.361 e. The molecule has 0 saturated carbocycles. The van der Waals surface area contributed by atoms with Crippen LogP contribution in [0, 0.1) is 13.8 Å². The number of alkyl halides is 3. The third kappa shape index (κ3) is 3.09. The Morgan fingerprint density at radius 2 is 1.74 bits per heavy atom. The lowest BCUT2D eigenvalue weighted by Gasteiger charge is -2.06. The second kappa shape index (κ2) is 6.08. The van der Waals surface area contributed by atoms with Gasteiger partial charge < -0.3 is 13.6 Å². The molecular weight excluding hydrogens is 365 g/mol. The number of aromatic nitrogens is 4. The molecule has 0 atom stereocenters. The second-order valence-electron chi connectivity index (χ2n) is 5.80. The van der Waals surface area contributed by atoms with Crippen LogP contribution in [0.1, 0.15) is 17.0 Å². The van der Waals surface area contributed by atoms with Crippen LogP contribution in [0.2, 0.25) is 0 Å². The minimum Gasteiger partial charge on any atom is -0.361 e. The molecule has 0 saturated heterocycles. The molecule has 0 N–H and O–H groups in total. The van der Waals surface area contributed by atoms with E-state index in [4.69, 9.17) is 13.6 Å². The van der Waals surface area contributed by atoms with E-state index < -0.39 is 11.7 Å². The summed E-state index contributed by atoms with van der Waals surface area (Å²) in [5.41, 5.74) is 0.625. The molecule has 0 unspecified atom stereocenters. The first-order chi connectivity index (χ1) is 12.8. The maximum atomic E-state index is 12.9. The molecule has 4 aromatic rings. The van der Waals surface area contributed by atoms with Crippen LogP contribution in [0.3, 0.4) is 0 Å². The molecular formula is C17H11F3N4O3. The standard InChI is InChI=1S/C17H11F3N4O3/c1-8-6-12(23-25-8)14-13(9(2)22-26-14)16-21-15(24-27-16)10-4-3-5-11(7-10)17(18,19)20/h3-7H,1-2H3. The van der Waals surface area contributed by atoms with Gasteiger partial charge in [0.15, 0.2) is 5.69 Å². The van der Waals surface area contributed by atoms with Gasteiger partial charge in [0.05, 0.1) is 11.3 Å². The molecule has 10 heteroatoms. The van der Waals surface area contributed by atoms with Gasteiger partial charge in [-0.3, -0.25) is 0 Å². The quantitative estimate of drug-likeness (QED) is 0.512. The number of rotatable bonds is 3. The van der Waals surface area contributed by atoms with Gasteiger partial charge in [-0.25, -0.2) is 0 Å². The van der Waals surface area contributed by atoms with Crippen molar-refractivity contribution in [2.75, 3.05) is 0 Å². The van der Waals surface area contributed by atoms with Crippen LogP contribution < -0.4 is 0 Å². The molecule has 7 nitrogen and oxygen atoms in total. The summed E-state index contributed by atoms with van der Waals surface area (Å²) in [5.74, 6) is 0.902. The summed E-state index contributed by atoms with van der Waals surface area (Å²) < 4.78 is 54.3. The Hall–Kier alpha value is -3.43. The molecule has 3 aromatic heterocycles. The first-order valence-corrected chi connectivity index (χ1v) is 7.74. The fourth-order valence-electron chi connectivity index (χ4n) is 2.55. The third-order valence-electron chi connectivity index (χ3n) is 3.81. The molecule has 1 aromatic carbocycles. The molecule has 0 fully saturated rings. The van der Waals surface area contributed by atoms with Crippen molar-refractivity contribution >= 4 is 0 Å². The third-order valence-corrected chi connectivity index (χ3v) is 3.81. The number of aryl methyl sites for hydroxylation is 2. The van der Waals surface area contributed by atoms with Gasteiger partial charge >= 0.3 is 6.18 Å². The molecule has 0 aliphatic rings. The predicted molar refractivity (Wildman–Crippen MR) is 85.2 cm³/mol. The van der Waals surface area contributed by atoms with Gasteiger partial charge in [-0.05, 0) is 26.0 Å². The van der Waals surface area contributed by atoms with Crippen molar-refractivity contribution in [2.24, 2.45) is 0 Å². The van der Waals surface area contributed by atoms with Crippen molar-refractivity contribution in [1.29, 1.82) is 0 Å². The molecule has 0 radical (unpaired) electrons. The highest BCUT2D eigenvalue weighted by Crippen LogP contribution is 2.35. The largest absolute Gasteiger partial charge is 0.416 e. The minimum absolute atomic E-state index is 0.0129. The average molecular weight is 376 g/mol. The topological polar surface area (TPSA) is 91.0 Å². The van der Waals surface area contributed by atoms with Crippen LogP contribution in [0.25, 0.3) is 34.3 Å². The summed E-state index contributed by atoms with van der Waals surface area (Å²) in [4.78, 5) is 4.20. The maximum absolute atomic E-state index is 12.9. The molecule has 27 heavy (non-hydrogen) atoms. The summed E-state index contributed by atoms with van der Waals surface area (Å²) in [7, 11) is 0. The summed E-state index contributed by atoms with van der Waals surface area (Å²) >= 11 is 0. The summed E-state index contributed by atoms with van der Waals surface area (Å²) in [6, 6.07) is 6.32. The molecule has 0 amide bonds. The first-order valence-electron chi connectivity index (χ1n) is 7.74. The Morgan fingerprint density at radius 3 is 2.44 bits per heavy atom. The van der Waals surface area contributed by atoms with E-state index in [0.29, 0.717) is 22.7 Å². The lowest BCUT2D eigenvalue weighted by atomic mass is 10.1. The zero-order valence-electron chi connectivity index (χ0n) is 14.0. The zero-order valence-corrected chi connectivity index (χ0v) is 14.0. The van der Waals surface area contributed by atoms with Crippen molar-refractivity contribution in [1.82, 2.24) is 20.5 Å². The lowest BCUT2D eigenvalue weighted by molar-refractivity contribution is -0.137. The maximum Gasteiger partial charge on any atom is 0.416 e. The molecule has 4 rings (SSSR count). The van der Waals surface area contributed by atoms with E-state index >= 15 is 0 Å². The van der Waals surface area contributed by atoms with Gasteiger partial charge in [0.25, 0.3) is 5.89 Å². The van der Waals surface area contributed by atoms with Crippen LogP contribution in [-0.2, 0) is 6.18 Å². The van der Waals surface area contributed by atoms with Crippen LogP contribution in [0.4, 0.5) is 13.2 Å². The van der Waals surface area contributed by atoms with Crippen molar-refractivity contribution in [3.63, 3.8) is 0 Å². The molecule has 138 valence electrons. The van der Waals surface area contributed by atoms with Crippen LogP contribution in [0.15, 0.2) is 43.9 Å². The Morgan fingerprint density at radius 1 is 0.926 bits per heavy atom. The predicted octanol–water partition coefficient (Wildman–Crippen LogP) is 4.68. The number of benzene rings is 1. The fraction of sp³-hybridized carbons (Fsp3) is 0.176. The van der Waals surface area contributed by atoms with E-state index in [-0.39, 0.29) is 23.0 Å². The van der Waals surface area contributed by atoms with E-state index in [9.17, 15) is 13.2 Å². The fourth-order valence-corrected chi connectivity index (χ4v) is 2.55. The van der Waals surface area contributed by atoms with Crippen molar-refractivity contribution in [3.05, 3.63) is 47.3 Å². The summed E-state index contributed by atoms with van der Waals surface area (Å²) in [5, 5.41) is 11.5. The van der Waals surface area contributed by atoms with Crippen molar-refractivity contribution in [2.45, 2.75) is 20.0 Å². The Kier molecular flexibility index (Phi) is 3.83. The van der Waals surface area contributed by atoms with Gasteiger partial charge in [-0.2, -0.15) is 18.2 Å².